The monoisotopic (exact) mass is 539 g/mol. The standard InChI is InChI=1S/C31H29N3O4S/c1-21(2)22-10-12-24(13-11-22)32-29(35)20-39-27-16-14-25(15-17-27)33-31(37)28(19-26-9-6-18-38-26)34-30(36)23-7-4-3-5-8-23/h3-19,21H,20H2,1-2H3,(H,32,35)(H,33,37)(H,34,36)/b28-19-. The molecule has 39 heavy (non-hydrogen) atoms. The van der Waals surface area contributed by atoms with Crippen molar-refractivity contribution in [2.24, 2.45) is 0 Å². The molecule has 0 bridgehead atoms. The van der Waals surface area contributed by atoms with Gasteiger partial charge in [0.2, 0.25) is 5.91 Å². The molecule has 8 heteroatoms. The Bertz CT molecular complexity index is 1430. The van der Waals surface area contributed by atoms with E-state index in [-0.39, 0.29) is 17.4 Å². The molecule has 1 aromatic heterocycles. The zero-order chi connectivity index (χ0) is 27.6. The fourth-order valence-corrected chi connectivity index (χ4v) is 4.29. The molecule has 0 aliphatic rings. The number of furan rings is 1. The number of nitrogens with one attached hydrogen (secondary N) is 3. The summed E-state index contributed by atoms with van der Waals surface area (Å²) in [5.74, 6) is 0.0955. The van der Waals surface area contributed by atoms with Crippen LogP contribution in [0.1, 0.15) is 41.4 Å². The van der Waals surface area contributed by atoms with Gasteiger partial charge in [-0.25, -0.2) is 0 Å². The summed E-state index contributed by atoms with van der Waals surface area (Å²) in [6.07, 6.45) is 2.95. The molecule has 4 aromatic rings. The minimum absolute atomic E-state index is 0.0374. The number of carbonyl (C=O) groups excluding carboxylic acids is 3. The second kappa shape index (κ2) is 13.3. The highest BCUT2D eigenvalue weighted by molar-refractivity contribution is 8.00. The first-order valence-corrected chi connectivity index (χ1v) is 13.4. The molecule has 198 valence electrons. The summed E-state index contributed by atoms with van der Waals surface area (Å²) in [4.78, 5) is 39.0. The van der Waals surface area contributed by atoms with Crippen LogP contribution >= 0.6 is 11.8 Å². The van der Waals surface area contributed by atoms with Crippen molar-refractivity contribution in [3.05, 3.63) is 120 Å². The largest absolute Gasteiger partial charge is 0.465 e. The summed E-state index contributed by atoms with van der Waals surface area (Å²) in [6, 6.07) is 27.0. The first-order chi connectivity index (χ1) is 18.9. The summed E-state index contributed by atoms with van der Waals surface area (Å²) in [5.41, 5.74) is 2.99. The predicted molar refractivity (Wildman–Crippen MR) is 156 cm³/mol. The Morgan fingerprint density at radius 1 is 0.821 bits per heavy atom. The number of rotatable bonds is 10. The smallest absolute Gasteiger partial charge is 0.272 e. The van der Waals surface area contributed by atoms with Crippen molar-refractivity contribution in [3.8, 4) is 0 Å². The number of carbonyl (C=O) groups is 3. The van der Waals surface area contributed by atoms with Crippen LogP contribution in [0.4, 0.5) is 11.4 Å². The van der Waals surface area contributed by atoms with Gasteiger partial charge in [-0.3, -0.25) is 14.4 Å². The minimum Gasteiger partial charge on any atom is -0.465 e. The average molecular weight is 540 g/mol. The molecule has 0 atom stereocenters. The lowest BCUT2D eigenvalue weighted by molar-refractivity contribution is -0.114. The summed E-state index contributed by atoms with van der Waals surface area (Å²) < 4.78 is 5.32. The van der Waals surface area contributed by atoms with E-state index in [1.54, 1.807) is 48.5 Å². The fraction of sp³-hybridized carbons (Fsp3) is 0.129. The molecule has 1 heterocycles. The number of hydrogen-bond acceptors (Lipinski definition) is 5. The summed E-state index contributed by atoms with van der Waals surface area (Å²) >= 11 is 1.39. The van der Waals surface area contributed by atoms with Crippen LogP contribution in [-0.2, 0) is 9.59 Å². The quantitative estimate of drug-likeness (QED) is 0.157. The number of thioether (sulfide) groups is 1. The Morgan fingerprint density at radius 3 is 2.13 bits per heavy atom. The summed E-state index contributed by atoms with van der Waals surface area (Å²) in [7, 11) is 0. The van der Waals surface area contributed by atoms with Crippen LogP contribution in [0.2, 0.25) is 0 Å². The van der Waals surface area contributed by atoms with Gasteiger partial charge in [0, 0.05) is 27.9 Å². The van der Waals surface area contributed by atoms with Crippen molar-refractivity contribution in [1.82, 2.24) is 5.32 Å². The molecule has 0 saturated heterocycles. The minimum atomic E-state index is -0.501. The van der Waals surface area contributed by atoms with Gasteiger partial charge < -0.3 is 20.4 Å². The second-order valence-corrected chi connectivity index (χ2v) is 10.0. The van der Waals surface area contributed by atoms with Crippen molar-refractivity contribution in [1.29, 1.82) is 0 Å². The van der Waals surface area contributed by atoms with Gasteiger partial charge in [0.1, 0.15) is 11.5 Å². The highest BCUT2D eigenvalue weighted by Gasteiger charge is 2.16. The number of amides is 3. The van der Waals surface area contributed by atoms with Crippen LogP contribution in [0.5, 0.6) is 0 Å². The topological polar surface area (TPSA) is 100 Å². The van der Waals surface area contributed by atoms with Gasteiger partial charge in [-0.05, 0) is 72.1 Å². The number of anilines is 2. The third kappa shape index (κ3) is 8.21. The van der Waals surface area contributed by atoms with Crippen LogP contribution in [0, 0.1) is 0 Å². The predicted octanol–water partition coefficient (Wildman–Crippen LogP) is 6.54. The third-order valence-electron chi connectivity index (χ3n) is 5.70. The summed E-state index contributed by atoms with van der Waals surface area (Å²) in [6.45, 7) is 4.25. The molecule has 0 radical (unpaired) electrons. The Morgan fingerprint density at radius 2 is 1.49 bits per heavy atom. The molecule has 0 saturated carbocycles. The van der Waals surface area contributed by atoms with E-state index in [1.165, 1.54) is 29.7 Å². The zero-order valence-electron chi connectivity index (χ0n) is 21.6. The van der Waals surface area contributed by atoms with E-state index in [0.29, 0.717) is 22.9 Å². The third-order valence-corrected chi connectivity index (χ3v) is 6.71. The van der Waals surface area contributed by atoms with Gasteiger partial charge in [0.25, 0.3) is 11.8 Å². The highest BCUT2D eigenvalue weighted by atomic mass is 32.2. The zero-order valence-corrected chi connectivity index (χ0v) is 22.5. The van der Waals surface area contributed by atoms with Crippen LogP contribution in [0.3, 0.4) is 0 Å². The SMILES string of the molecule is CC(C)c1ccc(NC(=O)CSc2ccc(NC(=O)/C(=C/c3ccco3)NC(=O)c3ccccc3)cc2)cc1. The van der Waals surface area contributed by atoms with E-state index in [9.17, 15) is 14.4 Å². The first kappa shape index (κ1) is 27.5. The molecule has 4 rings (SSSR count). The number of benzene rings is 3. The molecule has 0 fully saturated rings. The van der Waals surface area contributed by atoms with Gasteiger partial charge in [-0.2, -0.15) is 0 Å². The maximum Gasteiger partial charge on any atom is 0.272 e. The molecule has 3 N–H and O–H groups in total. The van der Waals surface area contributed by atoms with E-state index in [4.69, 9.17) is 4.42 Å². The molecule has 7 nitrogen and oxygen atoms in total. The van der Waals surface area contributed by atoms with Crippen LogP contribution in [0.15, 0.2) is 112 Å². The van der Waals surface area contributed by atoms with Gasteiger partial charge in [-0.1, -0.05) is 44.2 Å². The number of hydrogen-bond donors (Lipinski definition) is 3. The Hall–Kier alpha value is -4.56. The van der Waals surface area contributed by atoms with Gasteiger partial charge in [-0.15, -0.1) is 11.8 Å². The average Bonchev–Trinajstić information content (AvgIpc) is 3.46. The van der Waals surface area contributed by atoms with E-state index < -0.39 is 11.8 Å². The molecule has 0 aliphatic carbocycles. The van der Waals surface area contributed by atoms with Crippen molar-refractivity contribution in [2.75, 3.05) is 16.4 Å². The molecule has 3 amide bonds. The molecular formula is C31H29N3O4S. The van der Waals surface area contributed by atoms with Crippen molar-refractivity contribution in [2.45, 2.75) is 24.7 Å². The Kier molecular flexibility index (Phi) is 9.37. The summed E-state index contributed by atoms with van der Waals surface area (Å²) in [5, 5.41) is 8.37. The normalized spacial score (nSPS) is 11.2. The van der Waals surface area contributed by atoms with Crippen LogP contribution < -0.4 is 16.0 Å². The Balaban J connectivity index is 1.34. The van der Waals surface area contributed by atoms with Gasteiger partial charge in [0.05, 0.1) is 12.0 Å². The molecule has 0 unspecified atom stereocenters. The van der Waals surface area contributed by atoms with E-state index >= 15 is 0 Å². The Labute approximate surface area is 231 Å². The lowest BCUT2D eigenvalue weighted by Crippen LogP contribution is -2.30. The molecule has 0 aliphatic heterocycles. The lowest BCUT2D eigenvalue weighted by Gasteiger charge is -2.11. The van der Waals surface area contributed by atoms with Gasteiger partial charge >= 0.3 is 0 Å². The molecular weight excluding hydrogens is 510 g/mol. The van der Waals surface area contributed by atoms with Crippen molar-refractivity contribution < 1.29 is 18.8 Å². The van der Waals surface area contributed by atoms with Gasteiger partial charge in [0.15, 0.2) is 0 Å². The highest BCUT2D eigenvalue weighted by Crippen LogP contribution is 2.22. The van der Waals surface area contributed by atoms with Crippen LogP contribution in [0.25, 0.3) is 6.08 Å². The molecule has 3 aromatic carbocycles. The van der Waals surface area contributed by atoms with Crippen molar-refractivity contribution in [3.63, 3.8) is 0 Å². The molecule has 0 spiro atoms. The van der Waals surface area contributed by atoms with E-state index in [0.717, 1.165) is 10.6 Å². The maximum atomic E-state index is 13.0. The van der Waals surface area contributed by atoms with Crippen LogP contribution in [-0.4, -0.2) is 23.5 Å². The second-order valence-electron chi connectivity index (χ2n) is 8.99. The first-order valence-electron chi connectivity index (χ1n) is 12.4. The van der Waals surface area contributed by atoms with E-state index in [2.05, 4.69) is 29.8 Å². The fourth-order valence-electron chi connectivity index (χ4n) is 3.59. The van der Waals surface area contributed by atoms with Crippen molar-refractivity contribution >= 4 is 46.9 Å². The lowest BCUT2D eigenvalue weighted by atomic mass is 10.0. The van der Waals surface area contributed by atoms with E-state index in [1.807, 2.05) is 42.5 Å². The maximum absolute atomic E-state index is 13.0.